The summed E-state index contributed by atoms with van der Waals surface area (Å²) in [5.41, 5.74) is 19.2. The monoisotopic (exact) mass is 406 g/mol. The molecule has 1 aromatic carbocycles. The molecule has 0 atom stereocenters. The predicted octanol–water partition coefficient (Wildman–Crippen LogP) is 2.01. The molecule has 2 rings (SSSR count). The van der Waals surface area contributed by atoms with Crippen molar-refractivity contribution in [3.8, 4) is 11.8 Å². The van der Waals surface area contributed by atoms with Gasteiger partial charge in [0, 0.05) is 37.1 Å². The number of hydrogen-bond acceptors (Lipinski definition) is 6. The first-order valence-corrected chi connectivity index (χ1v) is 8.85. The van der Waals surface area contributed by atoms with Crippen LogP contribution >= 0.6 is 0 Å². The average molecular weight is 406 g/mol. The number of rotatable bonds is 4. The van der Waals surface area contributed by atoms with Gasteiger partial charge < -0.3 is 22.1 Å². The van der Waals surface area contributed by atoms with Crippen LogP contribution in [0, 0.1) is 17.7 Å². The molecule has 6 N–H and O–H groups in total. The molecule has 0 fully saturated rings. The van der Waals surface area contributed by atoms with Gasteiger partial charge in [-0.25, -0.2) is 14.4 Å². The number of carbonyl (C=O) groups is 1. The van der Waals surface area contributed by atoms with Crippen molar-refractivity contribution in [1.82, 2.24) is 9.88 Å². The Balaban J connectivity index is 2.63. The molecule has 7 nitrogen and oxygen atoms in total. The quantitative estimate of drug-likeness (QED) is 0.529. The molecule has 0 spiro atoms. The number of nitrogens with two attached hydrogens (primary N) is 3. The third kappa shape index (κ3) is 5.45. The normalized spacial score (nSPS) is 11.8. The van der Waals surface area contributed by atoms with Crippen LogP contribution in [-0.2, 0) is 0 Å². The molecule has 0 bridgehead atoms. The van der Waals surface area contributed by atoms with Crippen LogP contribution in [0.2, 0.25) is 0 Å². The van der Waals surface area contributed by atoms with Gasteiger partial charge in [-0.15, -0.1) is 0 Å². The summed E-state index contributed by atoms with van der Waals surface area (Å²) in [7, 11) is 3.07. The van der Waals surface area contributed by atoms with E-state index in [1.165, 1.54) is 43.4 Å². The summed E-state index contributed by atoms with van der Waals surface area (Å²) in [6.45, 7) is 5.25. The van der Waals surface area contributed by atoms with Crippen molar-refractivity contribution in [2.45, 2.75) is 6.92 Å². The maximum atomic E-state index is 14.3. The van der Waals surface area contributed by atoms with Crippen LogP contribution in [0.3, 0.4) is 0 Å². The van der Waals surface area contributed by atoms with Crippen LogP contribution < -0.4 is 17.2 Å². The minimum atomic E-state index is -0.655. The molecule has 30 heavy (non-hydrogen) atoms. The van der Waals surface area contributed by atoms with E-state index in [-0.39, 0.29) is 17.1 Å². The van der Waals surface area contributed by atoms with Gasteiger partial charge in [0.15, 0.2) is 0 Å². The van der Waals surface area contributed by atoms with E-state index in [0.717, 1.165) is 0 Å². The number of hydrogen-bond donors (Lipinski definition) is 3. The average Bonchev–Trinajstić information content (AvgIpc) is 2.68. The fourth-order valence-corrected chi connectivity index (χ4v) is 2.44. The van der Waals surface area contributed by atoms with Crippen LogP contribution in [0.15, 0.2) is 65.2 Å². The Morgan fingerprint density at radius 2 is 1.93 bits per heavy atom. The zero-order valence-corrected chi connectivity index (χ0v) is 17.0. The summed E-state index contributed by atoms with van der Waals surface area (Å²) in [6, 6.07) is 7.37. The fourth-order valence-electron chi connectivity index (χ4n) is 2.44. The second-order valence-electron chi connectivity index (χ2n) is 6.63. The number of aromatic nitrogens is 1. The number of pyridine rings is 1. The van der Waals surface area contributed by atoms with Gasteiger partial charge in [0.05, 0.1) is 16.8 Å². The molecular weight excluding hydrogens is 383 g/mol. The molecule has 0 aliphatic rings. The Bertz CT molecular complexity index is 1100. The van der Waals surface area contributed by atoms with Gasteiger partial charge in [-0.3, -0.25) is 4.79 Å². The third-order valence-corrected chi connectivity index (χ3v) is 3.88. The summed E-state index contributed by atoms with van der Waals surface area (Å²) in [4.78, 5) is 21.8. The van der Waals surface area contributed by atoms with Crippen molar-refractivity contribution < 1.29 is 9.18 Å². The highest BCUT2D eigenvalue weighted by Crippen LogP contribution is 2.18. The molecule has 0 radical (unpaired) electrons. The van der Waals surface area contributed by atoms with Gasteiger partial charge in [0.1, 0.15) is 17.5 Å². The summed E-state index contributed by atoms with van der Waals surface area (Å²) >= 11 is 0. The molecule has 0 saturated carbocycles. The molecule has 1 heterocycles. The Morgan fingerprint density at radius 3 is 2.47 bits per heavy atom. The van der Waals surface area contributed by atoms with Crippen molar-refractivity contribution >= 4 is 17.4 Å². The fraction of sp³-hybridized carbons (Fsp3) is 0.136. The summed E-state index contributed by atoms with van der Waals surface area (Å²) in [5, 5.41) is 0. The van der Waals surface area contributed by atoms with Gasteiger partial charge in [-0.1, -0.05) is 18.4 Å². The molecule has 0 aliphatic carbocycles. The first kappa shape index (κ1) is 22.2. The van der Waals surface area contributed by atoms with Crippen LogP contribution in [0.1, 0.15) is 28.4 Å². The SMILES string of the molecule is C=C(N)N=C(/C(C#Cc1ccc(N)nc1)=C(/C)N)c1ccc(F)c(C(=O)N(C)C)c1. The number of nitrogen functional groups attached to an aromatic ring is 1. The molecule has 2 aromatic rings. The molecule has 0 aliphatic heterocycles. The summed E-state index contributed by atoms with van der Waals surface area (Å²) < 4.78 is 14.3. The summed E-state index contributed by atoms with van der Waals surface area (Å²) in [6.07, 6.45) is 1.52. The maximum absolute atomic E-state index is 14.3. The van der Waals surface area contributed by atoms with Gasteiger partial charge >= 0.3 is 0 Å². The Labute approximate surface area is 174 Å². The number of anilines is 1. The minimum Gasteiger partial charge on any atom is -0.401 e. The van der Waals surface area contributed by atoms with Gasteiger partial charge in [0.25, 0.3) is 5.91 Å². The van der Waals surface area contributed by atoms with Crippen LogP contribution in [-0.4, -0.2) is 35.6 Å². The molecule has 1 aromatic heterocycles. The first-order valence-electron chi connectivity index (χ1n) is 8.85. The lowest BCUT2D eigenvalue weighted by Crippen LogP contribution is -2.23. The number of allylic oxidation sites excluding steroid dienone is 2. The van der Waals surface area contributed by atoms with E-state index in [9.17, 15) is 9.18 Å². The first-order chi connectivity index (χ1) is 14.1. The van der Waals surface area contributed by atoms with E-state index in [1.54, 1.807) is 19.1 Å². The number of halogens is 1. The summed E-state index contributed by atoms with van der Waals surface area (Å²) in [5.74, 6) is 5.12. The van der Waals surface area contributed by atoms with E-state index in [4.69, 9.17) is 17.2 Å². The zero-order chi connectivity index (χ0) is 22.4. The zero-order valence-electron chi connectivity index (χ0n) is 17.0. The van der Waals surface area contributed by atoms with E-state index in [2.05, 4.69) is 28.4 Å². The molecule has 0 unspecified atom stereocenters. The number of nitrogens with zero attached hydrogens (tertiary/aromatic N) is 3. The number of benzene rings is 1. The third-order valence-electron chi connectivity index (χ3n) is 3.88. The van der Waals surface area contributed by atoms with Crippen molar-refractivity contribution in [2.75, 3.05) is 19.8 Å². The van der Waals surface area contributed by atoms with Crippen molar-refractivity contribution in [1.29, 1.82) is 0 Å². The highest BCUT2D eigenvalue weighted by atomic mass is 19.1. The van der Waals surface area contributed by atoms with Gasteiger partial charge in [-0.2, -0.15) is 0 Å². The van der Waals surface area contributed by atoms with Gasteiger partial charge in [0.2, 0.25) is 0 Å². The maximum Gasteiger partial charge on any atom is 0.256 e. The number of carbonyl (C=O) groups excluding carboxylic acids is 1. The minimum absolute atomic E-state index is 0.00418. The molecular formula is C22H23FN6O. The van der Waals surface area contributed by atoms with E-state index in [0.29, 0.717) is 28.2 Å². The van der Waals surface area contributed by atoms with Crippen LogP contribution in [0.25, 0.3) is 0 Å². The molecule has 1 amide bonds. The highest BCUT2D eigenvalue weighted by molar-refractivity contribution is 6.17. The topological polar surface area (TPSA) is 124 Å². The van der Waals surface area contributed by atoms with E-state index >= 15 is 0 Å². The van der Waals surface area contributed by atoms with Crippen LogP contribution in [0.4, 0.5) is 10.2 Å². The largest absolute Gasteiger partial charge is 0.401 e. The highest BCUT2D eigenvalue weighted by Gasteiger charge is 2.18. The lowest BCUT2D eigenvalue weighted by molar-refractivity contribution is 0.0823. The second kappa shape index (κ2) is 9.39. The standard InChI is InChI=1S/C22H23FN6O/c1-13(24)17(8-5-15-6-10-20(26)27-12-15)21(28-14(2)25)16-7-9-19(23)18(11-16)22(30)29(3)4/h6-7,9-12H,2,24-25H2,1,3-4H3,(H2,26,27)/b17-13-,28-21?. The lowest BCUT2D eigenvalue weighted by atomic mass is 9.98. The Morgan fingerprint density at radius 1 is 1.23 bits per heavy atom. The number of aliphatic imine (C=N–C) groups is 1. The molecule has 0 saturated heterocycles. The lowest BCUT2D eigenvalue weighted by Gasteiger charge is -2.14. The van der Waals surface area contributed by atoms with E-state index in [1.807, 2.05) is 0 Å². The van der Waals surface area contributed by atoms with Crippen LogP contribution in [0.5, 0.6) is 0 Å². The smallest absolute Gasteiger partial charge is 0.256 e. The second-order valence-corrected chi connectivity index (χ2v) is 6.63. The van der Waals surface area contributed by atoms with E-state index < -0.39 is 11.7 Å². The Hall–Kier alpha value is -4.12. The van der Waals surface area contributed by atoms with Crippen molar-refractivity contribution in [3.63, 3.8) is 0 Å². The molecule has 8 heteroatoms. The molecule has 154 valence electrons. The van der Waals surface area contributed by atoms with Crippen molar-refractivity contribution in [2.24, 2.45) is 16.5 Å². The van der Waals surface area contributed by atoms with Gasteiger partial charge in [-0.05, 0) is 37.3 Å². The van der Waals surface area contributed by atoms with Crippen molar-refractivity contribution in [3.05, 3.63) is 82.7 Å². The number of amides is 1. The predicted molar refractivity (Wildman–Crippen MR) is 117 cm³/mol. The Kier molecular flexibility index (Phi) is 6.94.